The molecule has 25 heavy (non-hydrogen) atoms. The van der Waals surface area contributed by atoms with Gasteiger partial charge in [0.05, 0.1) is 6.61 Å². The molecule has 2 heteroatoms. The smallest absolute Gasteiger partial charge is 0.119 e. The minimum atomic E-state index is 0.686. The standard InChI is InChI=1S/C23H31NO/c1-2-3-7-15-24-16-14-22(18-24)19-25-23-12-10-21(11-13-23)17-20-8-5-4-6-9-20/h4-6,8-13,22H,2-3,7,14-19H2,1H3. The summed E-state index contributed by atoms with van der Waals surface area (Å²) < 4.78 is 6.04. The Kier molecular flexibility index (Phi) is 6.93. The predicted octanol–water partition coefficient (Wildman–Crippen LogP) is 5.17. The molecule has 0 spiro atoms. The first-order valence-electron chi connectivity index (χ1n) is 9.81. The summed E-state index contributed by atoms with van der Waals surface area (Å²) in [7, 11) is 0. The van der Waals surface area contributed by atoms with Crippen molar-refractivity contribution in [1.29, 1.82) is 0 Å². The quantitative estimate of drug-likeness (QED) is 0.585. The number of nitrogens with zero attached hydrogens (tertiary/aromatic N) is 1. The lowest BCUT2D eigenvalue weighted by molar-refractivity contribution is 0.239. The molecule has 0 amide bonds. The summed E-state index contributed by atoms with van der Waals surface area (Å²) in [4.78, 5) is 2.60. The number of ether oxygens (including phenoxy) is 1. The van der Waals surface area contributed by atoms with Crippen LogP contribution in [0.1, 0.15) is 43.7 Å². The normalized spacial score (nSPS) is 17.7. The largest absolute Gasteiger partial charge is 0.493 e. The van der Waals surface area contributed by atoms with E-state index >= 15 is 0 Å². The fourth-order valence-corrected chi connectivity index (χ4v) is 3.59. The second kappa shape index (κ2) is 9.62. The zero-order valence-electron chi connectivity index (χ0n) is 15.5. The van der Waals surface area contributed by atoms with Gasteiger partial charge in [-0.2, -0.15) is 0 Å². The zero-order valence-corrected chi connectivity index (χ0v) is 15.5. The van der Waals surface area contributed by atoms with E-state index in [0.29, 0.717) is 5.92 Å². The molecule has 0 radical (unpaired) electrons. The van der Waals surface area contributed by atoms with Crippen LogP contribution < -0.4 is 4.74 Å². The molecular formula is C23H31NO. The van der Waals surface area contributed by atoms with Crippen molar-refractivity contribution in [2.45, 2.75) is 39.0 Å². The van der Waals surface area contributed by atoms with Gasteiger partial charge in [-0.05, 0) is 55.6 Å². The molecule has 1 saturated heterocycles. The third kappa shape index (κ3) is 5.89. The van der Waals surface area contributed by atoms with Gasteiger partial charge in [-0.3, -0.25) is 0 Å². The molecule has 1 heterocycles. The Labute approximate surface area is 152 Å². The maximum atomic E-state index is 6.04. The summed E-state index contributed by atoms with van der Waals surface area (Å²) >= 11 is 0. The molecular weight excluding hydrogens is 306 g/mol. The van der Waals surface area contributed by atoms with E-state index in [-0.39, 0.29) is 0 Å². The lowest BCUT2D eigenvalue weighted by Gasteiger charge is -2.16. The van der Waals surface area contributed by atoms with Gasteiger partial charge in [0.2, 0.25) is 0 Å². The first kappa shape index (κ1) is 18.0. The fraction of sp³-hybridized carbons (Fsp3) is 0.478. The van der Waals surface area contributed by atoms with Crippen LogP contribution in [0.2, 0.25) is 0 Å². The van der Waals surface area contributed by atoms with Crippen molar-refractivity contribution in [3.8, 4) is 5.75 Å². The molecule has 2 nitrogen and oxygen atoms in total. The molecule has 1 aliphatic rings. The molecule has 1 fully saturated rings. The molecule has 0 aliphatic carbocycles. The van der Waals surface area contributed by atoms with Crippen molar-refractivity contribution in [2.75, 3.05) is 26.2 Å². The maximum Gasteiger partial charge on any atom is 0.119 e. The van der Waals surface area contributed by atoms with Gasteiger partial charge in [0.15, 0.2) is 0 Å². The number of hydrogen-bond acceptors (Lipinski definition) is 2. The van der Waals surface area contributed by atoms with E-state index in [0.717, 1.165) is 18.8 Å². The highest BCUT2D eigenvalue weighted by atomic mass is 16.5. The van der Waals surface area contributed by atoms with Crippen LogP contribution >= 0.6 is 0 Å². The number of hydrogen-bond donors (Lipinski definition) is 0. The second-order valence-corrected chi connectivity index (χ2v) is 7.28. The van der Waals surface area contributed by atoms with Gasteiger partial charge in [-0.25, -0.2) is 0 Å². The van der Waals surface area contributed by atoms with Crippen molar-refractivity contribution in [1.82, 2.24) is 4.90 Å². The van der Waals surface area contributed by atoms with E-state index in [4.69, 9.17) is 4.74 Å². The van der Waals surface area contributed by atoms with E-state index in [1.54, 1.807) is 0 Å². The van der Waals surface area contributed by atoms with Crippen LogP contribution in [0.25, 0.3) is 0 Å². The van der Waals surface area contributed by atoms with Gasteiger partial charge in [0.25, 0.3) is 0 Å². The van der Waals surface area contributed by atoms with Crippen molar-refractivity contribution in [3.63, 3.8) is 0 Å². The lowest BCUT2D eigenvalue weighted by Crippen LogP contribution is -2.23. The summed E-state index contributed by atoms with van der Waals surface area (Å²) in [5.74, 6) is 1.69. The van der Waals surface area contributed by atoms with Crippen molar-refractivity contribution < 1.29 is 4.74 Å². The highest BCUT2D eigenvalue weighted by Gasteiger charge is 2.22. The van der Waals surface area contributed by atoms with Crippen LogP contribution in [-0.2, 0) is 6.42 Å². The molecule has 0 bridgehead atoms. The minimum Gasteiger partial charge on any atom is -0.493 e. The summed E-state index contributed by atoms with van der Waals surface area (Å²) in [6.45, 7) is 6.83. The second-order valence-electron chi connectivity index (χ2n) is 7.28. The molecule has 1 unspecified atom stereocenters. The van der Waals surface area contributed by atoms with Crippen LogP contribution in [0.3, 0.4) is 0 Å². The Morgan fingerprint density at radius 1 is 0.960 bits per heavy atom. The van der Waals surface area contributed by atoms with Crippen molar-refractivity contribution in [2.24, 2.45) is 5.92 Å². The molecule has 3 rings (SSSR count). The molecule has 0 aromatic heterocycles. The van der Waals surface area contributed by atoms with Crippen LogP contribution in [0.15, 0.2) is 54.6 Å². The Hall–Kier alpha value is -1.80. The Morgan fingerprint density at radius 2 is 1.72 bits per heavy atom. The molecule has 0 N–H and O–H groups in total. The first-order chi connectivity index (χ1) is 12.3. The van der Waals surface area contributed by atoms with Gasteiger partial charge in [-0.1, -0.05) is 62.2 Å². The monoisotopic (exact) mass is 337 g/mol. The van der Waals surface area contributed by atoms with Gasteiger partial charge in [0, 0.05) is 12.5 Å². The number of unbranched alkanes of at least 4 members (excludes halogenated alkanes) is 2. The van der Waals surface area contributed by atoms with Gasteiger partial charge in [0.1, 0.15) is 5.75 Å². The zero-order chi connectivity index (χ0) is 17.3. The predicted molar refractivity (Wildman–Crippen MR) is 105 cm³/mol. The maximum absolute atomic E-state index is 6.04. The Balaban J connectivity index is 1.40. The number of likely N-dealkylation sites (tertiary alicyclic amines) is 1. The average Bonchev–Trinajstić information content (AvgIpc) is 3.10. The molecule has 1 aliphatic heterocycles. The molecule has 134 valence electrons. The Bertz CT molecular complexity index is 608. The van der Waals surface area contributed by atoms with Gasteiger partial charge >= 0.3 is 0 Å². The number of benzene rings is 2. The van der Waals surface area contributed by atoms with Crippen molar-refractivity contribution in [3.05, 3.63) is 65.7 Å². The minimum absolute atomic E-state index is 0.686. The number of rotatable bonds is 9. The highest BCUT2D eigenvalue weighted by molar-refractivity contribution is 5.31. The van der Waals surface area contributed by atoms with Crippen LogP contribution in [0.4, 0.5) is 0 Å². The average molecular weight is 338 g/mol. The summed E-state index contributed by atoms with van der Waals surface area (Å²) in [5.41, 5.74) is 2.69. The van der Waals surface area contributed by atoms with E-state index in [9.17, 15) is 0 Å². The van der Waals surface area contributed by atoms with E-state index in [1.807, 2.05) is 0 Å². The Morgan fingerprint density at radius 3 is 2.48 bits per heavy atom. The topological polar surface area (TPSA) is 12.5 Å². The first-order valence-corrected chi connectivity index (χ1v) is 9.81. The van der Waals surface area contributed by atoms with E-state index < -0.39 is 0 Å². The summed E-state index contributed by atoms with van der Waals surface area (Å²) in [5, 5.41) is 0. The molecule has 2 aromatic rings. The summed E-state index contributed by atoms with van der Waals surface area (Å²) in [6.07, 6.45) is 6.26. The third-order valence-corrected chi connectivity index (χ3v) is 5.11. The van der Waals surface area contributed by atoms with Crippen LogP contribution in [-0.4, -0.2) is 31.1 Å². The molecule has 2 aromatic carbocycles. The van der Waals surface area contributed by atoms with Crippen molar-refractivity contribution >= 4 is 0 Å². The van der Waals surface area contributed by atoms with E-state index in [1.165, 1.54) is 56.4 Å². The summed E-state index contributed by atoms with van der Waals surface area (Å²) in [6, 6.07) is 19.2. The van der Waals surface area contributed by atoms with E-state index in [2.05, 4.69) is 66.4 Å². The van der Waals surface area contributed by atoms with Gasteiger partial charge in [-0.15, -0.1) is 0 Å². The molecule has 0 saturated carbocycles. The highest BCUT2D eigenvalue weighted by Crippen LogP contribution is 2.20. The molecule has 1 atom stereocenters. The lowest BCUT2D eigenvalue weighted by atomic mass is 10.1. The van der Waals surface area contributed by atoms with Gasteiger partial charge < -0.3 is 9.64 Å². The fourth-order valence-electron chi connectivity index (χ4n) is 3.59. The van der Waals surface area contributed by atoms with Crippen LogP contribution in [0, 0.1) is 5.92 Å². The SMILES string of the molecule is CCCCCN1CCC(COc2ccc(Cc3ccccc3)cc2)C1. The van der Waals surface area contributed by atoms with Crippen LogP contribution in [0.5, 0.6) is 5.75 Å². The third-order valence-electron chi connectivity index (χ3n) is 5.11.